The first-order valence-electron chi connectivity index (χ1n) is 16.9. The molecule has 1 aromatic heterocycles. The van der Waals surface area contributed by atoms with Crippen LogP contribution in [0.25, 0.3) is 10.9 Å². The normalized spacial score (nSPS) is 14.4. The Hall–Kier alpha value is -4.90. The fraction of sp³-hybridized carbons (Fsp3) is 0.417. The van der Waals surface area contributed by atoms with Crippen LogP contribution in [0.2, 0.25) is 19.6 Å². The van der Waals surface area contributed by atoms with E-state index < -0.39 is 35.8 Å². The Bertz CT molecular complexity index is 1910. The molecule has 2 aromatic carbocycles. The second-order valence-electron chi connectivity index (χ2n) is 12.1. The Kier molecular flexibility index (Phi) is 15.3. The van der Waals surface area contributed by atoms with Gasteiger partial charge in [-0.1, -0.05) is 5.92 Å². The number of hydrogen-bond donors (Lipinski definition) is 3. The Morgan fingerprint density at radius 3 is 2.38 bits per heavy atom. The highest BCUT2D eigenvalue weighted by Gasteiger charge is 2.30. The van der Waals surface area contributed by atoms with Gasteiger partial charge in [0.2, 0.25) is 0 Å². The van der Waals surface area contributed by atoms with E-state index in [1.54, 1.807) is 43.9 Å². The number of aliphatic hydroxyl groups is 1. The van der Waals surface area contributed by atoms with E-state index in [0.29, 0.717) is 10.9 Å². The summed E-state index contributed by atoms with van der Waals surface area (Å²) in [5.74, 6) is -0.573. The molecule has 0 unspecified atom stereocenters. The zero-order valence-corrected chi connectivity index (χ0v) is 32.7. The van der Waals surface area contributed by atoms with Crippen molar-refractivity contribution in [1.29, 1.82) is 0 Å². The highest BCUT2D eigenvalue weighted by Crippen LogP contribution is 2.39. The van der Waals surface area contributed by atoms with Crippen molar-refractivity contribution >= 4 is 75.5 Å². The lowest BCUT2D eigenvalue weighted by molar-refractivity contribution is -0.143. The predicted molar refractivity (Wildman–Crippen MR) is 198 cm³/mol. The van der Waals surface area contributed by atoms with Crippen molar-refractivity contribution in [3.8, 4) is 12.3 Å². The van der Waals surface area contributed by atoms with Crippen molar-refractivity contribution in [3.05, 3.63) is 69.3 Å². The van der Waals surface area contributed by atoms with Crippen LogP contribution >= 0.6 is 0 Å². The van der Waals surface area contributed by atoms with Gasteiger partial charge in [-0.25, -0.2) is 4.98 Å². The Labute approximate surface area is 314 Å². The summed E-state index contributed by atoms with van der Waals surface area (Å²) in [4.78, 5) is 85.3. The van der Waals surface area contributed by atoms with Gasteiger partial charge in [-0.3, -0.25) is 28.8 Å². The molecular weight excluding hydrogens is 733 g/mol. The number of carbonyl (C=O) groups is 5. The monoisotopic (exact) mass is 772 g/mol. The van der Waals surface area contributed by atoms with Gasteiger partial charge in [0.15, 0.2) is 0 Å². The third-order valence-electron chi connectivity index (χ3n) is 8.74. The third kappa shape index (κ3) is 10.8. The van der Waals surface area contributed by atoms with Gasteiger partial charge in [0.05, 0.1) is 29.4 Å². The Morgan fingerprint density at radius 2 is 1.72 bits per heavy atom. The van der Waals surface area contributed by atoms with Crippen LogP contribution in [-0.2, 0) is 45.5 Å². The average Bonchev–Trinajstić information content (AvgIpc) is 3.55. The van der Waals surface area contributed by atoms with E-state index in [0.717, 1.165) is 29.7 Å². The van der Waals surface area contributed by atoms with Gasteiger partial charge in [-0.15, -0.1) is 6.42 Å². The summed E-state index contributed by atoms with van der Waals surface area (Å²) in [7, 11) is -0.341. The van der Waals surface area contributed by atoms with E-state index in [1.165, 1.54) is 0 Å². The lowest BCUT2D eigenvalue weighted by Gasteiger charge is -2.30. The molecule has 6 radical (unpaired) electrons. The van der Waals surface area contributed by atoms with Crippen LogP contribution in [-0.4, -0.2) is 86.5 Å². The molecule has 1 amide bonds. The van der Waals surface area contributed by atoms with Gasteiger partial charge in [0.1, 0.15) is 24.3 Å². The quantitative estimate of drug-likeness (QED) is 0.119. The molecule has 53 heavy (non-hydrogen) atoms. The highest BCUT2D eigenvalue weighted by molar-refractivity contribution is 6.29. The van der Waals surface area contributed by atoms with E-state index >= 15 is 0 Å². The second kappa shape index (κ2) is 19.8. The van der Waals surface area contributed by atoms with Crippen LogP contribution in [0.5, 0.6) is 0 Å². The summed E-state index contributed by atoms with van der Waals surface area (Å²) < 4.78 is 15.3. The number of carbonyl (C=O) groups excluding carboxylic acids is 5. The van der Waals surface area contributed by atoms with Crippen molar-refractivity contribution in [2.45, 2.75) is 83.3 Å². The number of ketones is 1. The smallest absolute Gasteiger partial charge is 0.315 e. The summed E-state index contributed by atoms with van der Waals surface area (Å²) in [5.41, 5.74) is 3.14. The number of nitrogens with zero attached hydrogens (tertiary/aromatic N) is 2. The minimum atomic E-state index is -1.13. The molecule has 0 spiro atoms. The van der Waals surface area contributed by atoms with E-state index in [1.807, 2.05) is 17.0 Å². The molecular formula is C36H40N4O10Si3. The molecule has 0 aliphatic heterocycles. The van der Waals surface area contributed by atoms with Crippen molar-refractivity contribution in [3.63, 3.8) is 0 Å². The fourth-order valence-corrected chi connectivity index (χ4v) is 7.28. The number of hydrogen-bond acceptors (Lipinski definition) is 12. The summed E-state index contributed by atoms with van der Waals surface area (Å²) in [6, 6.07) is 9.15. The van der Waals surface area contributed by atoms with Crippen LogP contribution in [0, 0.1) is 18.3 Å². The van der Waals surface area contributed by atoms with Crippen molar-refractivity contribution in [1.82, 2.24) is 15.3 Å². The first kappa shape index (κ1) is 40.9. The van der Waals surface area contributed by atoms with Crippen LogP contribution in [0.4, 0.5) is 5.69 Å². The second-order valence-corrected chi connectivity index (χ2v) is 14.0. The molecule has 276 valence electrons. The van der Waals surface area contributed by atoms with Crippen LogP contribution in [0.1, 0.15) is 71.9 Å². The van der Waals surface area contributed by atoms with Gasteiger partial charge in [-0.05, 0) is 92.8 Å². The van der Waals surface area contributed by atoms with E-state index in [-0.39, 0.29) is 103 Å². The SMILES string of the molecule is C#CCN(c1ccc(C(=O)N[C@@H](CCC(=O)C[C@H](CCC(=O)O[Si]C)C(=O)O[Si]C)C(=O)O[Si]C)cc1)[C@H]1CCc2cc3nc(CO)[nH]c(=O)c3cc21. The van der Waals surface area contributed by atoms with Gasteiger partial charge in [0.25, 0.3) is 23.4 Å². The first-order chi connectivity index (χ1) is 25.5. The molecule has 3 N–H and O–H groups in total. The number of aromatic amines is 1. The number of benzene rings is 2. The lowest BCUT2D eigenvalue weighted by atomic mass is 9.94. The molecule has 17 heteroatoms. The zero-order valence-electron chi connectivity index (χ0n) is 29.7. The predicted octanol–water partition coefficient (Wildman–Crippen LogP) is 2.41. The minimum absolute atomic E-state index is 0.0326. The summed E-state index contributed by atoms with van der Waals surface area (Å²) >= 11 is 0. The number of H-pyrrole nitrogens is 1. The lowest BCUT2D eigenvalue weighted by Crippen LogP contribution is -2.42. The Morgan fingerprint density at radius 1 is 1.02 bits per heavy atom. The third-order valence-corrected chi connectivity index (χ3v) is 9.98. The number of aryl methyl sites for hydroxylation is 1. The molecule has 1 aliphatic rings. The molecule has 0 saturated heterocycles. The maximum absolute atomic E-state index is 13.4. The number of fused-ring (bicyclic) bond motifs is 2. The maximum atomic E-state index is 13.4. The molecule has 0 fully saturated rings. The van der Waals surface area contributed by atoms with Gasteiger partial charge < -0.3 is 33.6 Å². The van der Waals surface area contributed by atoms with E-state index in [4.69, 9.17) is 19.7 Å². The largest absolute Gasteiger partial charge is 0.517 e. The minimum Gasteiger partial charge on any atom is -0.517 e. The van der Waals surface area contributed by atoms with Crippen LogP contribution < -0.4 is 15.8 Å². The molecule has 0 bridgehead atoms. The topological polar surface area (TPSA) is 194 Å². The zero-order chi connectivity index (χ0) is 38.5. The molecule has 1 heterocycles. The number of aromatic nitrogens is 2. The standard InChI is InChI=1S/C36H40N4O10Si3/c1-5-16-40(30-14-8-22-18-29-27(19-26(22)30)34(45)39-31(20-41)37-29)24-10-6-21(7-11-24)33(44)38-28(36(47)50-53-4)13-12-25(42)17-23(35(46)49-52-3)9-15-32(43)48-51-2/h1,6-7,10-11,18-19,23,28,30,41H,8-9,12-17,20H2,2-4H3,(H,38,44)(H,37,39,45)/t23-,28-,30-/m0/s1. The number of anilines is 1. The first-order valence-corrected chi connectivity index (χ1v) is 21.2. The molecule has 14 nitrogen and oxygen atoms in total. The van der Waals surface area contributed by atoms with Gasteiger partial charge in [0, 0.05) is 30.5 Å². The average molecular weight is 773 g/mol. The van der Waals surface area contributed by atoms with Gasteiger partial charge >= 0.3 is 35.3 Å². The molecule has 0 saturated carbocycles. The van der Waals surface area contributed by atoms with Gasteiger partial charge in [-0.2, -0.15) is 0 Å². The fourth-order valence-electron chi connectivity index (χ4n) is 6.24. The molecule has 4 rings (SSSR count). The number of aliphatic hydroxyl groups excluding tert-OH is 1. The number of rotatable bonds is 19. The number of Topliss-reactive ketones (excluding diaryl/α,β-unsaturated/α-hetero) is 1. The number of nitrogens with one attached hydrogen (secondary N) is 2. The summed E-state index contributed by atoms with van der Waals surface area (Å²) in [6.07, 6.45) is 6.90. The van der Waals surface area contributed by atoms with Crippen molar-refractivity contribution in [2.24, 2.45) is 5.92 Å². The maximum Gasteiger partial charge on any atom is 0.315 e. The van der Waals surface area contributed by atoms with Crippen molar-refractivity contribution < 1.29 is 42.4 Å². The van der Waals surface area contributed by atoms with Crippen molar-refractivity contribution in [2.75, 3.05) is 11.4 Å². The number of amides is 1. The van der Waals surface area contributed by atoms with E-state index in [2.05, 4.69) is 21.2 Å². The number of terminal acetylenes is 1. The summed E-state index contributed by atoms with van der Waals surface area (Å²) in [5, 5.41) is 12.6. The molecule has 3 atom stereocenters. The molecule has 3 aromatic rings. The van der Waals surface area contributed by atoms with Crippen LogP contribution in [0.15, 0.2) is 41.2 Å². The molecule has 1 aliphatic carbocycles. The summed E-state index contributed by atoms with van der Waals surface area (Å²) in [6.45, 7) is 4.91. The highest BCUT2D eigenvalue weighted by atomic mass is 28.2. The van der Waals surface area contributed by atoms with E-state index in [9.17, 15) is 33.9 Å². The van der Waals surface area contributed by atoms with Crippen LogP contribution in [0.3, 0.4) is 0 Å². The Balaban J connectivity index is 1.45.